The number of aromatic nitrogens is 1. The van der Waals surface area contributed by atoms with Gasteiger partial charge in [0.15, 0.2) is 0 Å². The van der Waals surface area contributed by atoms with Gasteiger partial charge in [0.2, 0.25) is 0 Å². The number of anilines is 1. The number of para-hydroxylation sites is 2. The van der Waals surface area contributed by atoms with Crippen LogP contribution in [0.15, 0.2) is 47.4 Å². The van der Waals surface area contributed by atoms with Crippen molar-refractivity contribution in [2.75, 3.05) is 31.6 Å². The van der Waals surface area contributed by atoms with Gasteiger partial charge in [-0.25, -0.2) is 4.79 Å². The van der Waals surface area contributed by atoms with Gasteiger partial charge in [-0.2, -0.15) is 0 Å². The van der Waals surface area contributed by atoms with Gasteiger partial charge in [-0.3, -0.25) is 9.59 Å². The van der Waals surface area contributed by atoms with Crippen LogP contribution in [0.2, 0.25) is 0 Å². The van der Waals surface area contributed by atoms with E-state index in [0.29, 0.717) is 37.7 Å². The van der Waals surface area contributed by atoms with Gasteiger partial charge in [-0.05, 0) is 49.9 Å². The van der Waals surface area contributed by atoms with Crippen molar-refractivity contribution in [1.29, 1.82) is 0 Å². The molecular weight excluding hydrogens is 384 g/mol. The maximum absolute atomic E-state index is 12.7. The van der Waals surface area contributed by atoms with E-state index in [0.717, 1.165) is 12.8 Å². The van der Waals surface area contributed by atoms with Crippen LogP contribution in [0, 0.1) is 5.92 Å². The lowest BCUT2D eigenvalue weighted by molar-refractivity contribution is 0.0688. The fourth-order valence-electron chi connectivity index (χ4n) is 3.53. The highest BCUT2D eigenvalue weighted by Gasteiger charge is 2.25. The highest BCUT2D eigenvalue weighted by atomic mass is 16.5. The number of aryl methyl sites for hydroxylation is 1. The van der Waals surface area contributed by atoms with E-state index in [1.807, 2.05) is 25.1 Å². The SMILES string of the molecule is CCOc1ccccc1NC(=O)NCC1CCN(C(=O)c2cccn(C)c2=O)CC1. The number of likely N-dealkylation sites (tertiary alicyclic amines) is 1. The van der Waals surface area contributed by atoms with E-state index in [2.05, 4.69) is 10.6 Å². The lowest BCUT2D eigenvalue weighted by Gasteiger charge is -2.32. The number of ether oxygens (including phenoxy) is 1. The Balaban J connectivity index is 1.47. The molecule has 160 valence electrons. The first-order valence-corrected chi connectivity index (χ1v) is 10.2. The minimum absolute atomic E-state index is 0.198. The molecule has 0 radical (unpaired) electrons. The van der Waals surface area contributed by atoms with Gasteiger partial charge in [0.25, 0.3) is 11.5 Å². The zero-order chi connectivity index (χ0) is 21.5. The highest BCUT2D eigenvalue weighted by molar-refractivity contribution is 5.94. The summed E-state index contributed by atoms with van der Waals surface area (Å²) < 4.78 is 6.92. The second-order valence-corrected chi connectivity index (χ2v) is 7.34. The van der Waals surface area contributed by atoms with Crippen molar-refractivity contribution in [3.05, 3.63) is 58.5 Å². The predicted octanol–water partition coefficient (Wildman–Crippen LogP) is 2.46. The maximum atomic E-state index is 12.7. The first-order valence-electron chi connectivity index (χ1n) is 10.2. The number of hydrogen-bond donors (Lipinski definition) is 2. The standard InChI is InChI=1S/C22H28N4O4/c1-3-30-19-9-5-4-8-18(19)24-22(29)23-15-16-10-13-26(14-11-16)21(28)17-7-6-12-25(2)20(17)27/h4-9,12,16H,3,10-11,13-15H2,1-2H3,(H2,23,24,29). The van der Waals surface area contributed by atoms with Crippen molar-refractivity contribution in [3.63, 3.8) is 0 Å². The Labute approximate surface area is 175 Å². The third-order valence-electron chi connectivity index (χ3n) is 5.24. The highest BCUT2D eigenvalue weighted by Crippen LogP contribution is 2.23. The molecule has 1 fully saturated rings. The molecule has 0 aliphatic carbocycles. The summed E-state index contributed by atoms with van der Waals surface area (Å²) in [7, 11) is 1.63. The molecule has 2 heterocycles. The molecule has 2 aromatic rings. The molecule has 1 saturated heterocycles. The molecule has 0 spiro atoms. The Bertz CT molecular complexity index is 948. The van der Waals surface area contributed by atoms with Crippen LogP contribution in [-0.2, 0) is 7.05 Å². The fourth-order valence-corrected chi connectivity index (χ4v) is 3.53. The Morgan fingerprint density at radius 2 is 1.87 bits per heavy atom. The lowest BCUT2D eigenvalue weighted by atomic mass is 9.96. The number of nitrogens with zero attached hydrogens (tertiary/aromatic N) is 2. The molecule has 3 rings (SSSR count). The zero-order valence-electron chi connectivity index (χ0n) is 17.4. The number of pyridine rings is 1. The van der Waals surface area contributed by atoms with Crippen LogP contribution < -0.4 is 20.9 Å². The van der Waals surface area contributed by atoms with Crippen LogP contribution in [0.3, 0.4) is 0 Å². The van der Waals surface area contributed by atoms with E-state index in [-0.39, 0.29) is 29.0 Å². The Morgan fingerprint density at radius 3 is 2.60 bits per heavy atom. The summed E-state index contributed by atoms with van der Waals surface area (Å²) in [5, 5.41) is 5.72. The molecule has 0 saturated carbocycles. The minimum atomic E-state index is -0.284. The van der Waals surface area contributed by atoms with Crippen LogP contribution in [0.25, 0.3) is 0 Å². The van der Waals surface area contributed by atoms with Gasteiger partial charge < -0.3 is 24.8 Å². The average molecular weight is 412 g/mol. The monoisotopic (exact) mass is 412 g/mol. The van der Waals surface area contributed by atoms with E-state index >= 15 is 0 Å². The van der Waals surface area contributed by atoms with Crippen molar-refractivity contribution in [2.45, 2.75) is 19.8 Å². The number of hydrogen-bond acceptors (Lipinski definition) is 4. The van der Waals surface area contributed by atoms with Crippen molar-refractivity contribution < 1.29 is 14.3 Å². The van der Waals surface area contributed by atoms with Gasteiger partial charge in [0, 0.05) is 32.9 Å². The first kappa shape index (κ1) is 21.4. The lowest BCUT2D eigenvalue weighted by Crippen LogP contribution is -2.43. The molecule has 30 heavy (non-hydrogen) atoms. The zero-order valence-corrected chi connectivity index (χ0v) is 17.4. The maximum Gasteiger partial charge on any atom is 0.319 e. The molecule has 3 amide bonds. The summed E-state index contributed by atoms with van der Waals surface area (Å²) in [6, 6.07) is 10.3. The summed E-state index contributed by atoms with van der Waals surface area (Å²) in [6.45, 7) is 4.07. The number of carbonyl (C=O) groups excluding carboxylic acids is 2. The van der Waals surface area contributed by atoms with Crippen LogP contribution in [0.1, 0.15) is 30.1 Å². The van der Waals surface area contributed by atoms with E-state index < -0.39 is 0 Å². The quantitative estimate of drug-likeness (QED) is 0.762. The number of urea groups is 1. The van der Waals surface area contributed by atoms with Crippen molar-refractivity contribution in [1.82, 2.24) is 14.8 Å². The minimum Gasteiger partial charge on any atom is -0.492 e. The van der Waals surface area contributed by atoms with E-state index in [9.17, 15) is 14.4 Å². The van der Waals surface area contributed by atoms with Crippen molar-refractivity contribution in [3.8, 4) is 5.75 Å². The molecule has 1 aliphatic rings. The largest absolute Gasteiger partial charge is 0.492 e. The smallest absolute Gasteiger partial charge is 0.319 e. The normalized spacial score (nSPS) is 14.3. The summed E-state index contributed by atoms with van der Waals surface area (Å²) in [6.07, 6.45) is 3.18. The van der Waals surface area contributed by atoms with Gasteiger partial charge in [0.05, 0.1) is 12.3 Å². The molecule has 1 aliphatic heterocycles. The van der Waals surface area contributed by atoms with Crippen LogP contribution in [0.5, 0.6) is 5.75 Å². The molecule has 8 heteroatoms. The number of amides is 3. The molecule has 0 atom stereocenters. The van der Waals surface area contributed by atoms with Crippen LogP contribution in [-0.4, -0.2) is 47.6 Å². The van der Waals surface area contributed by atoms with Gasteiger partial charge >= 0.3 is 6.03 Å². The number of nitrogens with one attached hydrogen (secondary N) is 2. The molecule has 1 aromatic carbocycles. The molecule has 1 aromatic heterocycles. The predicted molar refractivity (Wildman–Crippen MR) is 115 cm³/mol. The summed E-state index contributed by atoms with van der Waals surface area (Å²) in [4.78, 5) is 38.8. The third kappa shape index (κ3) is 5.20. The van der Waals surface area contributed by atoms with Crippen molar-refractivity contribution >= 4 is 17.6 Å². The van der Waals surface area contributed by atoms with Crippen LogP contribution >= 0.6 is 0 Å². The number of benzene rings is 1. The fraction of sp³-hybridized carbons (Fsp3) is 0.409. The van der Waals surface area contributed by atoms with E-state index in [1.54, 1.807) is 36.3 Å². The second kappa shape index (κ2) is 9.96. The number of carbonyl (C=O) groups is 2. The van der Waals surface area contributed by atoms with Gasteiger partial charge in [0.1, 0.15) is 11.3 Å². The number of piperidine rings is 1. The first-order chi connectivity index (χ1) is 14.5. The summed E-state index contributed by atoms with van der Waals surface area (Å²) in [5.74, 6) is 0.683. The Hall–Kier alpha value is -3.29. The van der Waals surface area contributed by atoms with Gasteiger partial charge in [-0.15, -0.1) is 0 Å². The third-order valence-corrected chi connectivity index (χ3v) is 5.24. The van der Waals surface area contributed by atoms with Gasteiger partial charge in [-0.1, -0.05) is 12.1 Å². The second-order valence-electron chi connectivity index (χ2n) is 7.34. The summed E-state index contributed by atoms with van der Waals surface area (Å²) in [5.41, 5.74) is 0.543. The topological polar surface area (TPSA) is 92.7 Å². The summed E-state index contributed by atoms with van der Waals surface area (Å²) >= 11 is 0. The molecule has 8 nitrogen and oxygen atoms in total. The average Bonchev–Trinajstić information content (AvgIpc) is 2.76. The van der Waals surface area contributed by atoms with Crippen LogP contribution in [0.4, 0.5) is 10.5 Å². The number of rotatable bonds is 6. The molecule has 0 bridgehead atoms. The Morgan fingerprint density at radius 1 is 1.13 bits per heavy atom. The van der Waals surface area contributed by atoms with Crippen molar-refractivity contribution in [2.24, 2.45) is 13.0 Å². The van der Waals surface area contributed by atoms with E-state index in [1.165, 1.54) is 4.57 Å². The molecule has 0 unspecified atom stereocenters. The molecular formula is C22H28N4O4. The Kier molecular flexibility index (Phi) is 7.11. The van der Waals surface area contributed by atoms with E-state index in [4.69, 9.17) is 4.74 Å². The molecule has 2 N–H and O–H groups in total.